The molecular formula is C16H24ClNO3. The van der Waals surface area contributed by atoms with Crippen LogP contribution in [0.25, 0.3) is 0 Å². The predicted octanol–water partition coefficient (Wildman–Crippen LogP) is 2.55. The smallest absolute Gasteiger partial charge is 0.0897 e. The average molecular weight is 314 g/mol. The summed E-state index contributed by atoms with van der Waals surface area (Å²) in [4.78, 5) is 0. The average Bonchev–Trinajstić information content (AvgIpc) is 2.98. The fourth-order valence-corrected chi connectivity index (χ4v) is 2.72. The van der Waals surface area contributed by atoms with Crippen LogP contribution in [-0.4, -0.2) is 43.7 Å². The number of aliphatic hydroxyl groups excluding tert-OH is 1. The molecular weight excluding hydrogens is 290 g/mol. The molecule has 1 saturated heterocycles. The lowest BCUT2D eigenvalue weighted by atomic mass is 10.1. The molecule has 1 aliphatic rings. The maximum atomic E-state index is 9.93. The van der Waals surface area contributed by atoms with E-state index >= 15 is 0 Å². The first-order chi connectivity index (χ1) is 10.2. The Morgan fingerprint density at radius 2 is 2.29 bits per heavy atom. The summed E-state index contributed by atoms with van der Waals surface area (Å²) in [6, 6.07) is 7.81. The molecule has 0 radical (unpaired) electrons. The Labute approximate surface area is 131 Å². The predicted molar refractivity (Wildman–Crippen MR) is 83.7 cm³/mol. The molecule has 1 aliphatic heterocycles. The summed E-state index contributed by atoms with van der Waals surface area (Å²) in [7, 11) is 0. The van der Waals surface area contributed by atoms with Gasteiger partial charge in [0.1, 0.15) is 0 Å². The molecule has 0 bridgehead atoms. The minimum Gasteiger partial charge on any atom is -0.389 e. The molecule has 21 heavy (non-hydrogen) atoms. The number of benzene rings is 1. The summed E-state index contributed by atoms with van der Waals surface area (Å²) in [5.74, 6) is 0. The van der Waals surface area contributed by atoms with E-state index in [1.807, 2.05) is 31.2 Å². The molecule has 3 unspecified atom stereocenters. The summed E-state index contributed by atoms with van der Waals surface area (Å²) in [5.41, 5.74) is 1.03. The Morgan fingerprint density at radius 3 is 3.00 bits per heavy atom. The zero-order valence-corrected chi connectivity index (χ0v) is 13.2. The molecule has 4 nitrogen and oxygen atoms in total. The molecule has 0 saturated carbocycles. The van der Waals surface area contributed by atoms with Gasteiger partial charge in [0.25, 0.3) is 0 Å². The third kappa shape index (κ3) is 5.57. The van der Waals surface area contributed by atoms with E-state index < -0.39 is 6.10 Å². The van der Waals surface area contributed by atoms with Crippen molar-refractivity contribution in [3.05, 3.63) is 34.9 Å². The first-order valence-electron chi connectivity index (χ1n) is 7.52. The molecule has 3 atom stereocenters. The normalized spacial score (nSPS) is 21.4. The van der Waals surface area contributed by atoms with Crippen LogP contribution in [0.4, 0.5) is 0 Å². The second kappa shape index (κ2) is 8.71. The molecule has 1 aromatic rings. The number of aliphatic hydroxyl groups is 1. The highest BCUT2D eigenvalue weighted by Crippen LogP contribution is 2.21. The van der Waals surface area contributed by atoms with Gasteiger partial charge in [-0.3, -0.25) is 0 Å². The summed E-state index contributed by atoms with van der Waals surface area (Å²) in [5, 5.41) is 13.9. The molecule has 5 heteroatoms. The lowest BCUT2D eigenvalue weighted by Crippen LogP contribution is -2.33. The lowest BCUT2D eigenvalue weighted by Gasteiger charge is -2.19. The number of ether oxygens (including phenoxy) is 2. The van der Waals surface area contributed by atoms with Crippen LogP contribution in [0.15, 0.2) is 24.3 Å². The van der Waals surface area contributed by atoms with E-state index in [0.29, 0.717) is 19.8 Å². The Kier molecular flexibility index (Phi) is 6.93. The molecule has 1 aromatic carbocycles. The van der Waals surface area contributed by atoms with Crippen molar-refractivity contribution >= 4 is 11.6 Å². The summed E-state index contributed by atoms with van der Waals surface area (Å²) in [6.45, 7) is 4.21. The highest BCUT2D eigenvalue weighted by atomic mass is 35.5. The third-order valence-electron chi connectivity index (χ3n) is 3.67. The Bertz CT molecular complexity index is 424. The number of halogens is 1. The van der Waals surface area contributed by atoms with Crippen LogP contribution in [0.1, 0.15) is 31.4 Å². The van der Waals surface area contributed by atoms with Gasteiger partial charge in [0, 0.05) is 24.2 Å². The molecule has 1 fully saturated rings. The molecule has 0 spiro atoms. The largest absolute Gasteiger partial charge is 0.389 e. The van der Waals surface area contributed by atoms with Gasteiger partial charge in [-0.2, -0.15) is 0 Å². The van der Waals surface area contributed by atoms with Crippen molar-refractivity contribution in [3.8, 4) is 0 Å². The van der Waals surface area contributed by atoms with Crippen LogP contribution in [0.3, 0.4) is 0 Å². The summed E-state index contributed by atoms with van der Waals surface area (Å²) < 4.78 is 11.0. The Hall–Kier alpha value is -0.650. The van der Waals surface area contributed by atoms with Crippen LogP contribution in [0, 0.1) is 0 Å². The van der Waals surface area contributed by atoms with Gasteiger partial charge in [0.15, 0.2) is 0 Å². The van der Waals surface area contributed by atoms with Gasteiger partial charge in [-0.05, 0) is 31.4 Å². The van der Waals surface area contributed by atoms with E-state index in [1.54, 1.807) is 0 Å². The number of hydrogen-bond donors (Lipinski definition) is 2. The van der Waals surface area contributed by atoms with Crippen molar-refractivity contribution in [2.24, 2.45) is 0 Å². The van der Waals surface area contributed by atoms with E-state index in [0.717, 1.165) is 30.0 Å². The first kappa shape index (κ1) is 16.7. The van der Waals surface area contributed by atoms with E-state index in [-0.39, 0.29) is 12.1 Å². The fraction of sp³-hybridized carbons (Fsp3) is 0.625. The lowest BCUT2D eigenvalue weighted by molar-refractivity contribution is -0.0168. The zero-order chi connectivity index (χ0) is 15.1. The maximum absolute atomic E-state index is 9.93. The zero-order valence-electron chi connectivity index (χ0n) is 12.4. The number of nitrogens with one attached hydrogen (secondary N) is 1. The van der Waals surface area contributed by atoms with Crippen LogP contribution in [0.5, 0.6) is 0 Å². The van der Waals surface area contributed by atoms with Crippen LogP contribution >= 0.6 is 11.6 Å². The molecule has 0 amide bonds. The standard InChI is InChI=1S/C16H24ClNO3/c1-12(15-6-2-3-7-16(15)17)18-9-13(19)10-20-11-14-5-4-8-21-14/h2-3,6-7,12-14,18-19H,4-5,8-11H2,1H3. The van der Waals surface area contributed by atoms with Gasteiger partial charge in [0.05, 0.1) is 25.4 Å². The van der Waals surface area contributed by atoms with Crippen molar-refractivity contribution in [1.82, 2.24) is 5.32 Å². The third-order valence-corrected chi connectivity index (χ3v) is 4.01. The van der Waals surface area contributed by atoms with Crippen molar-refractivity contribution in [2.45, 2.75) is 38.0 Å². The summed E-state index contributed by atoms with van der Waals surface area (Å²) in [6.07, 6.45) is 1.83. The second-order valence-corrected chi connectivity index (χ2v) is 5.88. The molecule has 0 aromatic heterocycles. The highest BCUT2D eigenvalue weighted by Gasteiger charge is 2.16. The van der Waals surface area contributed by atoms with Gasteiger partial charge in [0.2, 0.25) is 0 Å². The highest BCUT2D eigenvalue weighted by molar-refractivity contribution is 6.31. The van der Waals surface area contributed by atoms with E-state index in [9.17, 15) is 5.11 Å². The quantitative estimate of drug-likeness (QED) is 0.774. The maximum Gasteiger partial charge on any atom is 0.0897 e. The second-order valence-electron chi connectivity index (χ2n) is 5.48. The van der Waals surface area contributed by atoms with E-state index in [2.05, 4.69) is 5.32 Å². The molecule has 2 rings (SSSR count). The minimum absolute atomic E-state index is 0.0894. The van der Waals surface area contributed by atoms with Gasteiger partial charge >= 0.3 is 0 Å². The van der Waals surface area contributed by atoms with Crippen LogP contribution in [0.2, 0.25) is 5.02 Å². The van der Waals surface area contributed by atoms with Gasteiger partial charge in [-0.25, -0.2) is 0 Å². The molecule has 2 N–H and O–H groups in total. The number of rotatable bonds is 8. The fourth-order valence-electron chi connectivity index (χ4n) is 2.42. The monoisotopic (exact) mass is 313 g/mol. The SMILES string of the molecule is CC(NCC(O)COCC1CCCO1)c1ccccc1Cl. The van der Waals surface area contributed by atoms with Gasteiger partial charge in [-0.1, -0.05) is 29.8 Å². The van der Waals surface area contributed by atoms with E-state index in [4.69, 9.17) is 21.1 Å². The van der Waals surface area contributed by atoms with Crippen LogP contribution in [-0.2, 0) is 9.47 Å². The Balaban J connectivity index is 1.63. The van der Waals surface area contributed by atoms with Crippen molar-refractivity contribution < 1.29 is 14.6 Å². The van der Waals surface area contributed by atoms with Crippen LogP contribution < -0.4 is 5.32 Å². The first-order valence-corrected chi connectivity index (χ1v) is 7.90. The topological polar surface area (TPSA) is 50.7 Å². The van der Waals surface area contributed by atoms with Crippen molar-refractivity contribution in [1.29, 1.82) is 0 Å². The minimum atomic E-state index is -0.531. The van der Waals surface area contributed by atoms with Gasteiger partial charge < -0.3 is 19.9 Å². The molecule has 0 aliphatic carbocycles. The number of hydrogen-bond acceptors (Lipinski definition) is 4. The molecule has 118 valence electrons. The van der Waals surface area contributed by atoms with E-state index in [1.165, 1.54) is 0 Å². The molecule has 1 heterocycles. The Morgan fingerprint density at radius 1 is 1.48 bits per heavy atom. The van der Waals surface area contributed by atoms with Crippen molar-refractivity contribution in [3.63, 3.8) is 0 Å². The summed E-state index contributed by atoms with van der Waals surface area (Å²) >= 11 is 6.15. The van der Waals surface area contributed by atoms with Gasteiger partial charge in [-0.15, -0.1) is 0 Å². The van der Waals surface area contributed by atoms with Crippen molar-refractivity contribution in [2.75, 3.05) is 26.4 Å².